The van der Waals surface area contributed by atoms with Crippen molar-refractivity contribution in [1.82, 2.24) is 15.2 Å². The molecule has 1 atom stereocenters. The fraction of sp³-hybridized carbons (Fsp3) is 0.211. The Morgan fingerprint density at radius 2 is 1.77 bits per heavy atom. The highest BCUT2D eigenvalue weighted by atomic mass is 19.1. The monoisotopic (exact) mass is 353 g/mol. The average molecular weight is 353 g/mol. The molecule has 1 aromatic carbocycles. The Balaban J connectivity index is 2.05. The number of hydrogen-bond donors (Lipinski definition) is 3. The van der Waals surface area contributed by atoms with Gasteiger partial charge in [0.2, 0.25) is 5.91 Å². The van der Waals surface area contributed by atoms with E-state index in [-0.39, 0.29) is 17.6 Å². The van der Waals surface area contributed by atoms with Gasteiger partial charge in [-0.25, -0.2) is 4.39 Å². The molecule has 0 fully saturated rings. The van der Waals surface area contributed by atoms with Crippen molar-refractivity contribution in [3.8, 4) is 22.4 Å². The number of nitrogens with two attached hydrogens (primary N) is 1. The third-order valence-electron chi connectivity index (χ3n) is 4.13. The van der Waals surface area contributed by atoms with E-state index in [0.717, 1.165) is 11.1 Å². The van der Waals surface area contributed by atoms with Crippen molar-refractivity contribution in [1.29, 1.82) is 0 Å². The summed E-state index contributed by atoms with van der Waals surface area (Å²) in [5.41, 5.74) is 8.87. The van der Waals surface area contributed by atoms with Crippen LogP contribution in [0.3, 0.4) is 0 Å². The topological polar surface area (TPSA) is 96.7 Å². The van der Waals surface area contributed by atoms with Crippen LogP contribution in [0.5, 0.6) is 0 Å². The van der Waals surface area contributed by atoms with Crippen LogP contribution in [0.4, 0.5) is 10.2 Å². The molecule has 26 heavy (non-hydrogen) atoms. The molecule has 0 aliphatic rings. The summed E-state index contributed by atoms with van der Waals surface area (Å²) in [5.74, 6) is -0.269. The minimum absolute atomic E-state index is 0.00474. The number of benzene rings is 1. The zero-order valence-corrected chi connectivity index (χ0v) is 14.5. The van der Waals surface area contributed by atoms with Crippen molar-refractivity contribution >= 4 is 11.7 Å². The van der Waals surface area contributed by atoms with Gasteiger partial charge >= 0.3 is 0 Å². The first-order valence-corrected chi connectivity index (χ1v) is 8.28. The first-order chi connectivity index (χ1) is 12.5. The van der Waals surface area contributed by atoms with E-state index in [4.69, 9.17) is 5.73 Å². The van der Waals surface area contributed by atoms with Crippen LogP contribution in [0.2, 0.25) is 0 Å². The summed E-state index contributed by atoms with van der Waals surface area (Å²) in [6.07, 6.45) is 3.31. The molecular formula is C19H20FN5O. The Kier molecular flexibility index (Phi) is 5.09. The van der Waals surface area contributed by atoms with E-state index in [0.29, 0.717) is 17.1 Å². The van der Waals surface area contributed by atoms with Gasteiger partial charge in [-0.1, -0.05) is 13.8 Å². The summed E-state index contributed by atoms with van der Waals surface area (Å²) in [7, 11) is 0. The normalized spacial score (nSPS) is 12.2. The van der Waals surface area contributed by atoms with Crippen molar-refractivity contribution in [2.24, 2.45) is 11.7 Å². The number of amides is 1. The van der Waals surface area contributed by atoms with Crippen LogP contribution < -0.4 is 11.1 Å². The molecule has 3 rings (SSSR count). The van der Waals surface area contributed by atoms with Crippen LogP contribution >= 0.6 is 0 Å². The van der Waals surface area contributed by atoms with E-state index in [9.17, 15) is 9.18 Å². The Morgan fingerprint density at radius 3 is 2.38 bits per heavy atom. The standard InChI is InChI=1S/C19H20FN5O/c1-11(2)16(21)19(26)23-18-15(12-7-9-22-10-8-12)17(24-25-18)13-3-5-14(20)6-4-13/h3-11,16H,21H2,1-2H3,(H2,23,24,25,26)/t16-/m0/s1. The minimum Gasteiger partial charge on any atom is -0.320 e. The maximum atomic E-state index is 13.3. The number of anilines is 1. The van der Waals surface area contributed by atoms with Gasteiger partial charge in [-0.3, -0.25) is 14.9 Å². The zero-order chi connectivity index (χ0) is 18.7. The fourth-order valence-electron chi connectivity index (χ4n) is 2.56. The lowest BCUT2D eigenvalue weighted by atomic mass is 10.0. The Labute approximate surface area is 150 Å². The second kappa shape index (κ2) is 7.45. The molecule has 0 bridgehead atoms. The van der Waals surface area contributed by atoms with Crippen LogP contribution in [0.25, 0.3) is 22.4 Å². The van der Waals surface area contributed by atoms with Gasteiger partial charge in [0, 0.05) is 18.0 Å². The zero-order valence-electron chi connectivity index (χ0n) is 14.5. The molecule has 3 aromatic rings. The van der Waals surface area contributed by atoms with E-state index in [1.807, 2.05) is 26.0 Å². The highest BCUT2D eigenvalue weighted by molar-refractivity contribution is 6.00. The highest BCUT2D eigenvalue weighted by Crippen LogP contribution is 2.36. The third-order valence-corrected chi connectivity index (χ3v) is 4.13. The molecular weight excluding hydrogens is 333 g/mol. The van der Waals surface area contributed by atoms with E-state index < -0.39 is 6.04 Å². The number of halogens is 1. The molecule has 2 aromatic heterocycles. The van der Waals surface area contributed by atoms with Crippen molar-refractivity contribution < 1.29 is 9.18 Å². The van der Waals surface area contributed by atoms with E-state index >= 15 is 0 Å². The van der Waals surface area contributed by atoms with Gasteiger partial charge in [0.1, 0.15) is 5.82 Å². The van der Waals surface area contributed by atoms with Gasteiger partial charge in [0.15, 0.2) is 5.82 Å². The Hall–Kier alpha value is -3.06. The molecule has 7 heteroatoms. The van der Waals surface area contributed by atoms with Crippen molar-refractivity contribution in [2.75, 3.05) is 5.32 Å². The minimum atomic E-state index is -0.647. The summed E-state index contributed by atoms with van der Waals surface area (Å²) in [6, 6.07) is 9.04. The number of aromatic nitrogens is 3. The van der Waals surface area contributed by atoms with Crippen molar-refractivity contribution in [3.63, 3.8) is 0 Å². The van der Waals surface area contributed by atoms with Crippen molar-refractivity contribution in [3.05, 3.63) is 54.6 Å². The number of hydrogen-bond acceptors (Lipinski definition) is 4. The van der Waals surface area contributed by atoms with Crippen LogP contribution in [0.15, 0.2) is 48.8 Å². The predicted octanol–water partition coefficient (Wildman–Crippen LogP) is 3.20. The average Bonchev–Trinajstić information content (AvgIpc) is 3.05. The van der Waals surface area contributed by atoms with E-state index in [2.05, 4.69) is 20.5 Å². The van der Waals surface area contributed by atoms with Gasteiger partial charge in [0.05, 0.1) is 17.3 Å². The van der Waals surface area contributed by atoms with Gasteiger partial charge in [-0.15, -0.1) is 0 Å². The number of carbonyl (C=O) groups is 1. The Morgan fingerprint density at radius 1 is 1.12 bits per heavy atom. The molecule has 0 saturated carbocycles. The summed E-state index contributed by atoms with van der Waals surface area (Å²) >= 11 is 0. The maximum Gasteiger partial charge on any atom is 0.242 e. The van der Waals surface area contributed by atoms with Crippen LogP contribution in [0, 0.1) is 11.7 Å². The number of H-pyrrole nitrogens is 1. The summed E-state index contributed by atoms with van der Waals surface area (Å²) in [6.45, 7) is 3.75. The number of nitrogens with one attached hydrogen (secondary N) is 2. The van der Waals surface area contributed by atoms with Crippen LogP contribution in [-0.2, 0) is 4.79 Å². The SMILES string of the molecule is CC(C)[C@H](N)C(=O)Nc1n[nH]c(-c2ccc(F)cc2)c1-c1ccncc1. The largest absolute Gasteiger partial charge is 0.320 e. The lowest BCUT2D eigenvalue weighted by Gasteiger charge is -2.15. The molecule has 0 spiro atoms. The maximum absolute atomic E-state index is 13.3. The highest BCUT2D eigenvalue weighted by Gasteiger charge is 2.22. The molecule has 4 N–H and O–H groups in total. The molecule has 0 aliphatic carbocycles. The molecule has 6 nitrogen and oxygen atoms in total. The molecule has 0 radical (unpaired) electrons. The molecule has 2 heterocycles. The van der Waals surface area contributed by atoms with Gasteiger partial charge in [0.25, 0.3) is 0 Å². The number of carbonyl (C=O) groups excluding carboxylic acids is 1. The summed E-state index contributed by atoms with van der Waals surface area (Å²) in [4.78, 5) is 16.4. The number of nitrogens with zero attached hydrogens (tertiary/aromatic N) is 2. The first-order valence-electron chi connectivity index (χ1n) is 8.28. The molecule has 134 valence electrons. The van der Waals surface area contributed by atoms with E-state index in [1.165, 1.54) is 12.1 Å². The molecule has 0 saturated heterocycles. The van der Waals surface area contributed by atoms with Gasteiger partial charge in [-0.05, 0) is 47.9 Å². The molecule has 0 unspecified atom stereocenters. The number of rotatable bonds is 5. The van der Waals surface area contributed by atoms with Crippen molar-refractivity contribution in [2.45, 2.75) is 19.9 Å². The lowest BCUT2D eigenvalue weighted by Crippen LogP contribution is -2.39. The fourth-order valence-corrected chi connectivity index (χ4v) is 2.56. The van der Waals surface area contributed by atoms with Gasteiger partial charge in [-0.2, -0.15) is 5.10 Å². The summed E-state index contributed by atoms with van der Waals surface area (Å²) < 4.78 is 13.3. The molecule has 1 amide bonds. The lowest BCUT2D eigenvalue weighted by molar-refractivity contribution is -0.118. The first kappa shape index (κ1) is 17.8. The van der Waals surface area contributed by atoms with Gasteiger partial charge < -0.3 is 11.1 Å². The molecule has 0 aliphatic heterocycles. The Bertz CT molecular complexity index is 890. The second-order valence-electron chi connectivity index (χ2n) is 6.32. The second-order valence-corrected chi connectivity index (χ2v) is 6.32. The quantitative estimate of drug-likeness (QED) is 0.656. The predicted molar refractivity (Wildman–Crippen MR) is 98.7 cm³/mol. The number of pyridine rings is 1. The van der Waals surface area contributed by atoms with E-state index in [1.54, 1.807) is 24.5 Å². The summed E-state index contributed by atoms with van der Waals surface area (Å²) in [5, 5.41) is 9.97. The third kappa shape index (κ3) is 3.62. The number of aromatic amines is 1. The van der Waals surface area contributed by atoms with Crippen LogP contribution in [-0.4, -0.2) is 27.1 Å². The smallest absolute Gasteiger partial charge is 0.242 e. The van der Waals surface area contributed by atoms with Crippen LogP contribution in [0.1, 0.15) is 13.8 Å².